The molecule has 0 radical (unpaired) electrons. The molecule has 2 aromatic carbocycles. The summed E-state index contributed by atoms with van der Waals surface area (Å²) < 4.78 is 13.7. The Balaban J connectivity index is 1.46. The quantitative estimate of drug-likeness (QED) is 0.600. The summed E-state index contributed by atoms with van der Waals surface area (Å²) >= 11 is 1.37. The predicted molar refractivity (Wildman–Crippen MR) is 111 cm³/mol. The maximum atomic E-state index is 12.8. The second-order valence-electron chi connectivity index (χ2n) is 6.76. The van der Waals surface area contributed by atoms with Crippen LogP contribution in [-0.4, -0.2) is 39.6 Å². The van der Waals surface area contributed by atoms with Crippen molar-refractivity contribution in [2.75, 3.05) is 18.6 Å². The minimum atomic E-state index is -0.352. The molecule has 4 rings (SSSR count). The van der Waals surface area contributed by atoms with E-state index in [9.17, 15) is 4.79 Å². The summed E-state index contributed by atoms with van der Waals surface area (Å²) in [5.74, 6) is 2.08. The summed E-state index contributed by atoms with van der Waals surface area (Å²) in [6, 6.07) is 17.1. The SMILES string of the molecule is CC(Sc1nnc(C2COc3ccccc3O2)n1C)C(=O)N(C)c1ccccc1. The average molecular weight is 410 g/mol. The van der Waals surface area contributed by atoms with Gasteiger partial charge >= 0.3 is 0 Å². The van der Waals surface area contributed by atoms with E-state index in [2.05, 4.69) is 10.2 Å². The minimum Gasteiger partial charge on any atom is -0.485 e. The van der Waals surface area contributed by atoms with E-state index in [-0.39, 0.29) is 17.3 Å². The van der Waals surface area contributed by atoms with E-state index in [1.807, 2.05) is 73.1 Å². The Morgan fingerprint density at radius 3 is 2.59 bits per heavy atom. The van der Waals surface area contributed by atoms with Gasteiger partial charge in [-0.05, 0) is 31.2 Å². The van der Waals surface area contributed by atoms with Gasteiger partial charge in [-0.3, -0.25) is 4.79 Å². The van der Waals surface area contributed by atoms with Gasteiger partial charge in [0, 0.05) is 19.8 Å². The molecule has 29 heavy (non-hydrogen) atoms. The molecule has 3 aromatic rings. The molecule has 2 heterocycles. The third kappa shape index (κ3) is 3.93. The van der Waals surface area contributed by atoms with Crippen LogP contribution in [0.4, 0.5) is 5.69 Å². The van der Waals surface area contributed by atoms with Gasteiger partial charge in [-0.2, -0.15) is 0 Å². The van der Waals surface area contributed by atoms with E-state index < -0.39 is 0 Å². The number of ether oxygens (including phenoxy) is 2. The normalized spacial score (nSPS) is 16.3. The lowest BCUT2D eigenvalue weighted by Gasteiger charge is -2.25. The molecule has 2 atom stereocenters. The van der Waals surface area contributed by atoms with Crippen molar-refractivity contribution in [1.29, 1.82) is 0 Å². The highest BCUT2D eigenvalue weighted by Gasteiger charge is 2.29. The van der Waals surface area contributed by atoms with Crippen LogP contribution in [0.25, 0.3) is 0 Å². The number of benzene rings is 2. The van der Waals surface area contributed by atoms with E-state index in [1.54, 1.807) is 11.9 Å². The fourth-order valence-electron chi connectivity index (χ4n) is 3.12. The van der Waals surface area contributed by atoms with Crippen LogP contribution in [-0.2, 0) is 11.8 Å². The molecule has 2 unspecified atom stereocenters. The molecule has 1 amide bonds. The Morgan fingerprint density at radius 1 is 1.14 bits per heavy atom. The lowest BCUT2D eigenvalue weighted by atomic mass is 10.2. The summed E-state index contributed by atoms with van der Waals surface area (Å²) in [7, 11) is 3.65. The summed E-state index contributed by atoms with van der Waals surface area (Å²) in [5, 5.41) is 8.90. The topological polar surface area (TPSA) is 69.5 Å². The molecule has 1 aliphatic rings. The van der Waals surface area contributed by atoms with E-state index in [0.29, 0.717) is 23.3 Å². The number of carbonyl (C=O) groups excluding carboxylic acids is 1. The maximum absolute atomic E-state index is 12.8. The van der Waals surface area contributed by atoms with E-state index >= 15 is 0 Å². The number of nitrogens with zero attached hydrogens (tertiary/aromatic N) is 4. The van der Waals surface area contributed by atoms with Crippen molar-refractivity contribution in [1.82, 2.24) is 14.8 Å². The molecule has 0 fully saturated rings. The van der Waals surface area contributed by atoms with Gasteiger partial charge in [0.15, 0.2) is 28.6 Å². The molecule has 0 spiro atoms. The minimum absolute atomic E-state index is 0.00285. The number of hydrogen-bond acceptors (Lipinski definition) is 6. The molecule has 0 aliphatic carbocycles. The second kappa shape index (κ2) is 8.16. The highest BCUT2D eigenvalue weighted by molar-refractivity contribution is 8.00. The zero-order valence-electron chi connectivity index (χ0n) is 16.5. The molecule has 0 bridgehead atoms. The van der Waals surface area contributed by atoms with Crippen LogP contribution in [0.5, 0.6) is 11.5 Å². The van der Waals surface area contributed by atoms with E-state index in [0.717, 1.165) is 11.4 Å². The van der Waals surface area contributed by atoms with Crippen LogP contribution in [0.2, 0.25) is 0 Å². The summed E-state index contributed by atoms with van der Waals surface area (Å²) in [6.45, 7) is 2.23. The Kier molecular flexibility index (Phi) is 5.44. The van der Waals surface area contributed by atoms with Crippen LogP contribution in [0.1, 0.15) is 18.9 Å². The summed E-state index contributed by atoms with van der Waals surface area (Å²) in [6.07, 6.45) is -0.352. The molecule has 8 heteroatoms. The first kappa shape index (κ1) is 19.3. The highest BCUT2D eigenvalue weighted by Crippen LogP contribution is 2.36. The number of rotatable bonds is 5. The fourth-order valence-corrected chi connectivity index (χ4v) is 4.03. The third-order valence-corrected chi connectivity index (χ3v) is 5.89. The van der Waals surface area contributed by atoms with Gasteiger partial charge < -0.3 is 18.9 Å². The van der Waals surface area contributed by atoms with Crippen LogP contribution in [0, 0.1) is 0 Å². The number of hydrogen-bond donors (Lipinski definition) is 0. The maximum Gasteiger partial charge on any atom is 0.240 e. The van der Waals surface area contributed by atoms with Crippen molar-refractivity contribution in [2.45, 2.75) is 23.4 Å². The average Bonchev–Trinajstić information content (AvgIpc) is 3.13. The van der Waals surface area contributed by atoms with Crippen LogP contribution < -0.4 is 14.4 Å². The van der Waals surface area contributed by atoms with Gasteiger partial charge in [-0.25, -0.2) is 0 Å². The zero-order valence-corrected chi connectivity index (χ0v) is 17.3. The number of para-hydroxylation sites is 3. The van der Waals surface area contributed by atoms with E-state index in [1.165, 1.54) is 11.8 Å². The van der Waals surface area contributed by atoms with Crippen LogP contribution in [0.15, 0.2) is 59.8 Å². The van der Waals surface area contributed by atoms with Crippen LogP contribution in [0.3, 0.4) is 0 Å². The largest absolute Gasteiger partial charge is 0.485 e. The molecule has 150 valence electrons. The predicted octanol–water partition coefficient (Wildman–Crippen LogP) is 3.47. The molecular formula is C21H22N4O3S. The fraction of sp³-hybridized carbons (Fsp3) is 0.286. The number of anilines is 1. The lowest BCUT2D eigenvalue weighted by Crippen LogP contribution is -2.33. The van der Waals surface area contributed by atoms with Crippen molar-refractivity contribution in [3.8, 4) is 11.5 Å². The Morgan fingerprint density at radius 2 is 1.83 bits per heavy atom. The summed E-state index contributed by atoms with van der Waals surface area (Å²) in [4.78, 5) is 14.5. The van der Waals surface area contributed by atoms with Gasteiger partial charge in [0.1, 0.15) is 6.61 Å². The highest BCUT2D eigenvalue weighted by atomic mass is 32.2. The van der Waals surface area contributed by atoms with Crippen molar-refractivity contribution in [3.05, 3.63) is 60.4 Å². The first-order valence-electron chi connectivity index (χ1n) is 9.31. The molecule has 1 aliphatic heterocycles. The van der Waals surface area contributed by atoms with Gasteiger partial charge in [0.25, 0.3) is 0 Å². The molecule has 0 saturated carbocycles. The van der Waals surface area contributed by atoms with Gasteiger partial charge in [-0.1, -0.05) is 42.1 Å². The second-order valence-corrected chi connectivity index (χ2v) is 8.06. The first-order chi connectivity index (χ1) is 14.0. The lowest BCUT2D eigenvalue weighted by molar-refractivity contribution is -0.117. The Labute approximate surface area is 173 Å². The smallest absolute Gasteiger partial charge is 0.240 e. The number of amides is 1. The summed E-state index contributed by atoms with van der Waals surface area (Å²) in [5.41, 5.74) is 0.857. The van der Waals surface area contributed by atoms with Gasteiger partial charge in [0.05, 0.1) is 5.25 Å². The monoisotopic (exact) mass is 410 g/mol. The van der Waals surface area contributed by atoms with Crippen molar-refractivity contribution in [3.63, 3.8) is 0 Å². The molecule has 7 nitrogen and oxygen atoms in total. The van der Waals surface area contributed by atoms with Crippen molar-refractivity contribution < 1.29 is 14.3 Å². The van der Waals surface area contributed by atoms with Gasteiger partial charge in [-0.15, -0.1) is 10.2 Å². The third-order valence-electron chi connectivity index (χ3n) is 4.77. The zero-order chi connectivity index (χ0) is 20.4. The number of fused-ring (bicyclic) bond motifs is 1. The standard InChI is InChI=1S/C21H22N4O3S/c1-14(20(26)24(2)15-9-5-4-6-10-15)29-21-23-22-19(25(21)3)18-13-27-16-11-7-8-12-17(16)28-18/h4-12,14,18H,13H2,1-3H3. The van der Waals surface area contributed by atoms with Crippen molar-refractivity contribution >= 4 is 23.4 Å². The van der Waals surface area contributed by atoms with E-state index in [4.69, 9.17) is 9.47 Å². The first-order valence-corrected chi connectivity index (χ1v) is 10.2. The number of thioether (sulfide) groups is 1. The molecule has 0 saturated heterocycles. The Bertz CT molecular complexity index is 1010. The Hall–Kier alpha value is -3.00. The molecular weight excluding hydrogens is 388 g/mol. The molecule has 1 aromatic heterocycles. The van der Waals surface area contributed by atoms with Crippen molar-refractivity contribution in [2.24, 2.45) is 7.05 Å². The molecule has 0 N–H and O–H groups in total. The number of carbonyl (C=O) groups is 1. The van der Waals surface area contributed by atoms with Gasteiger partial charge in [0.2, 0.25) is 5.91 Å². The van der Waals surface area contributed by atoms with Crippen LogP contribution >= 0.6 is 11.8 Å². The number of aromatic nitrogens is 3.